The molecule has 118 valence electrons. The highest BCUT2D eigenvalue weighted by molar-refractivity contribution is 5.52. The SMILES string of the molecule is N[C@@H]1CC[C@@H](c2nnc(-c3cncc(C(F)(F)F)c3)o2)OC1. The second-order valence-electron chi connectivity index (χ2n) is 5.06. The fourth-order valence-corrected chi connectivity index (χ4v) is 2.16. The molecular formula is C13H13F3N4O2. The van der Waals surface area contributed by atoms with Crippen LogP contribution in [-0.2, 0) is 10.9 Å². The average molecular weight is 314 g/mol. The molecule has 9 heteroatoms. The van der Waals surface area contributed by atoms with Gasteiger partial charge in [-0.3, -0.25) is 4.98 Å². The molecule has 0 spiro atoms. The van der Waals surface area contributed by atoms with Gasteiger partial charge in [0.25, 0.3) is 0 Å². The predicted octanol–water partition coefficient (Wildman–Crippen LogP) is 2.33. The van der Waals surface area contributed by atoms with Gasteiger partial charge in [0.1, 0.15) is 6.10 Å². The highest BCUT2D eigenvalue weighted by Crippen LogP contribution is 2.32. The number of halogens is 3. The van der Waals surface area contributed by atoms with Crippen LogP contribution in [0.5, 0.6) is 0 Å². The third-order valence-corrected chi connectivity index (χ3v) is 3.34. The lowest BCUT2D eigenvalue weighted by atomic mass is 10.1. The van der Waals surface area contributed by atoms with E-state index in [2.05, 4.69) is 15.2 Å². The third-order valence-electron chi connectivity index (χ3n) is 3.34. The standard InChI is InChI=1S/C13H13F3N4O2/c14-13(15,16)8-3-7(4-18-5-8)11-19-20-12(22-11)10-2-1-9(17)6-21-10/h3-5,9-10H,1-2,6,17H2/t9-,10+/m1/s1. The van der Waals surface area contributed by atoms with E-state index in [-0.39, 0.29) is 29.5 Å². The molecule has 3 heterocycles. The van der Waals surface area contributed by atoms with Crippen LogP contribution in [-0.4, -0.2) is 27.8 Å². The molecular weight excluding hydrogens is 301 g/mol. The van der Waals surface area contributed by atoms with Crippen LogP contribution in [0.25, 0.3) is 11.5 Å². The lowest BCUT2D eigenvalue weighted by Gasteiger charge is -2.24. The van der Waals surface area contributed by atoms with Gasteiger partial charge >= 0.3 is 6.18 Å². The Balaban J connectivity index is 1.82. The molecule has 0 unspecified atom stereocenters. The molecule has 2 N–H and O–H groups in total. The van der Waals surface area contributed by atoms with Crippen LogP contribution in [0.1, 0.15) is 30.4 Å². The van der Waals surface area contributed by atoms with Crippen LogP contribution >= 0.6 is 0 Å². The minimum atomic E-state index is -4.48. The molecule has 1 aliphatic rings. The number of ether oxygens (including phenoxy) is 1. The van der Waals surface area contributed by atoms with E-state index in [1.165, 1.54) is 6.20 Å². The van der Waals surface area contributed by atoms with Gasteiger partial charge in [0.15, 0.2) is 0 Å². The first-order valence-electron chi connectivity index (χ1n) is 6.66. The van der Waals surface area contributed by atoms with Crippen LogP contribution in [0.15, 0.2) is 22.9 Å². The fourth-order valence-electron chi connectivity index (χ4n) is 2.16. The van der Waals surface area contributed by atoms with E-state index in [9.17, 15) is 13.2 Å². The van der Waals surface area contributed by atoms with E-state index < -0.39 is 11.7 Å². The third kappa shape index (κ3) is 3.09. The van der Waals surface area contributed by atoms with Gasteiger partial charge in [-0.25, -0.2) is 0 Å². The summed E-state index contributed by atoms with van der Waals surface area (Å²) in [6.45, 7) is 0.382. The molecule has 0 amide bonds. The summed E-state index contributed by atoms with van der Waals surface area (Å²) in [6, 6.07) is 0.897. The Kier molecular flexibility index (Phi) is 3.83. The summed E-state index contributed by atoms with van der Waals surface area (Å²) < 4.78 is 48.9. The normalized spacial score (nSPS) is 22.7. The Morgan fingerprint density at radius 1 is 1.18 bits per heavy atom. The van der Waals surface area contributed by atoms with E-state index >= 15 is 0 Å². The van der Waals surface area contributed by atoms with Crippen molar-refractivity contribution in [2.24, 2.45) is 5.73 Å². The smallest absolute Gasteiger partial charge is 0.417 e. The molecule has 2 atom stereocenters. The number of nitrogens with two attached hydrogens (primary N) is 1. The summed E-state index contributed by atoms with van der Waals surface area (Å²) in [5.41, 5.74) is 4.96. The highest BCUT2D eigenvalue weighted by atomic mass is 19.4. The topological polar surface area (TPSA) is 87.1 Å². The number of rotatable bonds is 2. The first kappa shape index (κ1) is 14.9. The lowest BCUT2D eigenvalue weighted by Crippen LogP contribution is -2.32. The molecule has 3 rings (SSSR count). The van der Waals surface area contributed by atoms with Gasteiger partial charge in [-0.15, -0.1) is 10.2 Å². The van der Waals surface area contributed by atoms with E-state index in [4.69, 9.17) is 14.9 Å². The first-order valence-corrected chi connectivity index (χ1v) is 6.66. The zero-order valence-electron chi connectivity index (χ0n) is 11.4. The number of hydrogen-bond donors (Lipinski definition) is 1. The Labute approximate surface area is 123 Å². The number of aromatic nitrogens is 3. The van der Waals surface area contributed by atoms with E-state index in [1.807, 2.05) is 0 Å². The van der Waals surface area contributed by atoms with Crippen molar-refractivity contribution in [3.05, 3.63) is 29.9 Å². The Hall–Kier alpha value is -2.00. The molecule has 2 aromatic heterocycles. The van der Waals surface area contributed by atoms with Crippen molar-refractivity contribution in [3.8, 4) is 11.5 Å². The minimum Gasteiger partial charge on any atom is -0.418 e. The van der Waals surface area contributed by atoms with Crippen LogP contribution in [0.4, 0.5) is 13.2 Å². The molecule has 0 radical (unpaired) electrons. The monoisotopic (exact) mass is 314 g/mol. The Morgan fingerprint density at radius 2 is 2.00 bits per heavy atom. The second-order valence-corrected chi connectivity index (χ2v) is 5.06. The fraction of sp³-hybridized carbons (Fsp3) is 0.462. The number of alkyl halides is 3. The molecule has 0 aliphatic carbocycles. The molecule has 1 fully saturated rings. The summed E-state index contributed by atoms with van der Waals surface area (Å²) >= 11 is 0. The maximum Gasteiger partial charge on any atom is 0.417 e. The lowest BCUT2D eigenvalue weighted by molar-refractivity contribution is -0.137. The quantitative estimate of drug-likeness (QED) is 0.915. The molecule has 6 nitrogen and oxygen atoms in total. The van der Waals surface area contributed by atoms with Gasteiger partial charge in [0.05, 0.1) is 17.7 Å². The van der Waals surface area contributed by atoms with Crippen molar-refractivity contribution >= 4 is 0 Å². The summed E-state index contributed by atoms with van der Waals surface area (Å²) in [4.78, 5) is 3.56. The molecule has 0 aromatic carbocycles. The summed E-state index contributed by atoms with van der Waals surface area (Å²) in [6.07, 6.45) is -1.48. The molecule has 22 heavy (non-hydrogen) atoms. The minimum absolute atomic E-state index is 0.0212. The number of pyridine rings is 1. The largest absolute Gasteiger partial charge is 0.418 e. The molecule has 0 saturated carbocycles. The second kappa shape index (κ2) is 5.65. The highest BCUT2D eigenvalue weighted by Gasteiger charge is 2.32. The van der Waals surface area contributed by atoms with Crippen molar-refractivity contribution in [3.63, 3.8) is 0 Å². The maximum absolute atomic E-state index is 12.7. The Bertz CT molecular complexity index is 651. The maximum atomic E-state index is 12.7. The van der Waals surface area contributed by atoms with Crippen molar-refractivity contribution in [1.29, 1.82) is 0 Å². The first-order chi connectivity index (χ1) is 10.4. The van der Waals surface area contributed by atoms with Gasteiger partial charge in [0, 0.05) is 18.4 Å². The molecule has 2 aromatic rings. The van der Waals surface area contributed by atoms with Gasteiger partial charge in [-0.1, -0.05) is 0 Å². The van der Waals surface area contributed by atoms with Crippen molar-refractivity contribution in [2.45, 2.75) is 31.2 Å². The number of nitrogens with zero attached hydrogens (tertiary/aromatic N) is 3. The van der Waals surface area contributed by atoms with Crippen LogP contribution in [0.2, 0.25) is 0 Å². The number of hydrogen-bond acceptors (Lipinski definition) is 6. The molecule has 0 bridgehead atoms. The summed E-state index contributed by atoms with van der Waals surface area (Å²) in [5, 5.41) is 7.61. The van der Waals surface area contributed by atoms with Crippen LogP contribution in [0, 0.1) is 0 Å². The zero-order valence-corrected chi connectivity index (χ0v) is 11.4. The summed E-state index contributed by atoms with van der Waals surface area (Å²) in [5.74, 6) is 0.214. The van der Waals surface area contributed by atoms with Gasteiger partial charge < -0.3 is 14.9 Å². The summed E-state index contributed by atoms with van der Waals surface area (Å²) in [7, 11) is 0. The molecule has 1 saturated heterocycles. The van der Waals surface area contributed by atoms with Gasteiger partial charge in [-0.2, -0.15) is 13.2 Å². The van der Waals surface area contributed by atoms with Crippen molar-refractivity contribution in [1.82, 2.24) is 15.2 Å². The van der Waals surface area contributed by atoms with E-state index in [0.717, 1.165) is 18.7 Å². The zero-order chi connectivity index (χ0) is 15.7. The van der Waals surface area contributed by atoms with Crippen molar-refractivity contribution < 1.29 is 22.3 Å². The van der Waals surface area contributed by atoms with Crippen LogP contribution in [0.3, 0.4) is 0 Å². The van der Waals surface area contributed by atoms with Gasteiger partial charge in [-0.05, 0) is 18.9 Å². The van der Waals surface area contributed by atoms with Crippen LogP contribution < -0.4 is 5.73 Å². The van der Waals surface area contributed by atoms with Crippen molar-refractivity contribution in [2.75, 3.05) is 6.61 Å². The van der Waals surface area contributed by atoms with Gasteiger partial charge in [0.2, 0.25) is 11.8 Å². The van der Waals surface area contributed by atoms with E-state index in [1.54, 1.807) is 0 Å². The average Bonchev–Trinajstić information content (AvgIpc) is 2.97. The van der Waals surface area contributed by atoms with E-state index in [0.29, 0.717) is 13.0 Å². The molecule has 1 aliphatic heterocycles. The predicted molar refractivity (Wildman–Crippen MR) is 68.4 cm³/mol. The Morgan fingerprint density at radius 3 is 2.68 bits per heavy atom.